The molecule has 4 aromatic rings. The van der Waals surface area contributed by atoms with E-state index in [1.807, 2.05) is 36.4 Å². The van der Waals surface area contributed by atoms with Gasteiger partial charge in [-0.3, -0.25) is 4.18 Å². The standard InChI is InChI=1S/C26H26BrN5O5S/c1-36-38(34,35)21-11-9-20(10-12-21)29-24-14-23(30-25-22(27)15-28-32(24)25)19-8-5-13-31(16-19)26(33)37-17-18-6-3-2-4-7-18/h2-4,6-7,9-12,14-15,19,29H,5,8,13,16-17H2,1H3. The Hall–Kier alpha value is -3.48. The van der Waals surface area contributed by atoms with Crippen LogP contribution in [0.2, 0.25) is 0 Å². The molecule has 2 aromatic carbocycles. The van der Waals surface area contributed by atoms with Crippen molar-refractivity contribution in [3.8, 4) is 0 Å². The normalized spacial score (nSPS) is 15.9. The molecule has 1 aliphatic heterocycles. The van der Waals surface area contributed by atoms with Crippen molar-refractivity contribution < 1.29 is 22.1 Å². The van der Waals surface area contributed by atoms with Gasteiger partial charge in [0.2, 0.25) is 0 Å². The molecule has 1 N–H and O–H groups in total. The summed E-state index contributed by atoms with van der Waals surface area (Å²) < 4.78 is 36.4. The average Bonchev–Trinajstić information content (AvgIpc) is 3.33. The number of piperidine rings is 1. The lowest BCUT2D eigenvalue weighted by molar-refractivity contribution is 0.0856. The number of nitrogens with zero attached hydrogens (tertiary/aromatic N) is 4. The van der Waals surface area contributed by atoms with Crippen molar-refractivity contribution in [1.29, 1.82) is 0 Å². The van der Waals surface area contributed by atoms with E-state index in [2.05, 4.69) is 30.5 Å². The lowest BCUT2D eigenvalue weighted by atomic mass is 9.94. The SMILES string of the molecule is COS(=O)(=O)c1ccc(Nc2cc(C3CCCN(C(=O)OCc4ccccc4)C3)nc3c(Br)cnn23)cc1. The number of carbonyl (C=O) groups excluding carboxylic acids is 1. The maximum atomic E-state index is 12.8. The number of nitrogens with one attached hydrogen (secondary N) is 1. The lowest BCUT2D eigenvalue weighted by Gasteiger charge is -2.32. The molecule has 5 rings (SSSR count). The molecule has 1 atom stereocenters. The highest BCUT2D eigenvalue weighted by atomic mass is 79.9. The summed E-state index contributed by atoms with van der Waals surface area (Å²) in [4.78, 5) is 19.4. The van der Waals surface area contributed by atoms with Gasteiger partial charge in [0.1, 0.15) is 12.4 Å². The van der Waals surface area contributed by atoms with Gasteiger partial charge < -0.3 is 15.0 Å². The lowest BCUT2D eigenvalue weighted by Crippen LogP contribution is -2.39. The van der Waals surface area contributed by atoms with Crippen LogP contribution < -0.4 is 5.32 Å². The third kappa shape index (κ3) is 5.66. The van der Waals surface area contributed by atoms with Gasteiger partial charge in [0.15, 0.2) is 5.65 Å². The molecule has 1 saturated heterocycles. The van der Waals surface area contributed by atoms with Crippen LogP contribution in [0, 0.1) is 0 Å². The predicted octanol–water partition coefficient (Wildman–Crippen LogP) is 5.09. The van der Waals surface area contributed by atoms with Crippen molar-refractivity contribution in [2.75, 3.05) is 25.5 Å². The van der Waals surface area contributed by atoms with E-state index >= 15 is 0 Å². The zero-order valence-corrected chi connectivity index (χ0v) is 23.0. The van der Waals surface area contributed by atoms with E-state index in [0.717, 1.165) is 35.7 Å². The number of likely N-dealkylation sites (tertiary alicyclic amines) is 1. The summed E-state index contributed by atoms with van der Waals surface area (Å²) in [5.74, 6) is 0.663. The maximum absolute atomic E-state index is 12.8. The minimum absolute atomic E-state index is 0.00889. The third-order valence-electron chi connectivity index (χ3n) is 6.39. The second kappa shape index (κ2) is 11.1. The first-order chi connectivity index (χ1) is 18.3. The molecular weight excluding hydrogens is 574 g/mol. The molecule has 1 aliphatic rings. The van der Waals surface area contributed by atoms with Crippen LogP contribution in [-0.2, 0) is 25.6 Å². The Morgan fingerprint density at radius 1 is 1.16 bits per heavy atom. The van der Waals surface area contributed by atoms with Gasteiger partial charge in [-0.2, -0.15) is 18.0 Å². The number of rotatable bonds is 7. The zero-order valence-electron chi connectivity index (χ0n) is 20.6. The van der Waals surface area contributed by atoms with Crippen LogP contribution in [0.5, 0.6) is 0 Å². The molecule has 0 spiro atoms. The van der Waals surface area contributed by atoms with E-state index in [0.29, 0.717) is 30.2 Å². The largest absolute Gasteiger partial charge is 0.445 e. The number of halogens is 1. The number of ether oxygens (including phenoxy) is 1. The van der Waals surface area contributed by atoms with Crippen molar-refractivity contribution >= 4 is 49.3 Å². The molecule has 3 heterocycles. The van der Waals surface area contributed by atoms with E-state index in [1.165, 1.54) is 12.1 Å². The molecule has 0 bridgehead atoms. The summed E-state index contributed by atoms with van der Waals surface area (Å²) in [6.07, 6.45) is 3.03. The molecule has 1 fully saturated rings. The quantitative estimate of drug-likeness (QED) is 0.292. The number of hydrogen-bond acceptors (Lipinski definition) is 8. The van der Waals surface area contributed by atoms with Crippen LogP contribution in [0.3, 0.4) is 0 Å². The Morgan fingerprint density at radius 3 is 2.66 bits per heavy atom. The summed E-state index contributed by atoms with van der Waals surface area (Å²) in [6, 6.07) is 17.8. The first kappa shape index (κ1) is 26.1. The molecule has 1 unspecified atom stereocenters. The Bertz CT molecular complexity index is 1540. The molecular formula is C26H26BrN5O5S. The monoisotopic (exact) mass is 599 g/mol. The van der Waals surface area contributed by atoms with Crippen molar-refractivity contribution in [1.82, 2.24) is 19.5 Å². The summed E-state index contributed by atoms with van der Waals surface area (Å²) in [5.41, 5.74) is 3.06. The van der Waals surface area contributed by atoms with Crippen molar-refractivity contribution in [3.05, 3.63) is 82.6 Å². The number of amides is 1. The van der Waals surface area contributed by atoms with Gasteiger partial charge in [0, 0.05) is 30.8 Å². The molecule has 198 valence electrons. The minimum Gasteiger partial charge on any atom is -0.445 e. The fourth-order valence-electron chi connectivity index (χ4n) is 4.40. The second-order valence-electron chi connectivity index (χ2n) is 8.89. The summed E-state index contributed by atoms with van der Waals surface area (Å²) >= 11 is 3.52. The van der Waals surface area contributed by atoms with Crippen LogP contribution in [0.15, 0.2) is 76.2 Å². The van der Waals surface area contributed by atoms with Gasteiger partial charge in [-0.1, -0.05) is 30.3 Å². The van der Waals surface area contributed by atoms with Crippen molar-refractivity contribution in [2.24, 2.45) is 0 Å². The molecule has 10 nitrogen and oxygen atoms in total. The van der Waals surface area contributed by atoms with Gasteiger partial charge in [0.05, 0.1) is 28.4 Å². The highest BCUT2D eigenvalue weighted by Gasteiger charge is 2.28. The highest BCUT2D eigenvalue weighted by molar-refractivity contribution is 9.10. The summed E-state index contributed by atoms with van der Waals surface area (Å²) in [7, 11) is -2.65. The van der Waals surface area contributed by atoms with E-state index in [-0.39, 0.29) is 23.5 Å². The minimum atomic E-state index is -3.78. The van der Waals surface area contributed by atoms with Crippen molar-refractivity contribution in [3.63, 3.8) is 0 Å². The molecule has 1 amide bonds. The van der Waals surface area contributed by atoms with Gasteiger partial charge in [-0.15, -0.1) is 0 Å². The average molecular weight is 600 g/mol. The van der Waals surface area contributed by atoms with Gasteiger partial charge in [0.25, 0.3) is 10.1 Å². The fraction of sp³-hybridized carbons (Fsp3) is 0.269. The van der Waals surface area contributed by atoms with Crippen LogP contribution in [0.25, 0.3) is 5.65 Å². The topological polar surface area (TPSA) is 115 Å². The van der Waals surface area contributed by atoms with Gasteiger partial charge >= 0.3 is 6.09 Å². The Kier molecular flexibility index (Phi) is 7.63. The van der Waals surface area contributed by atoms with E-state index < -0.39 is 10.1 Å². The molecule has 2 aromatic heterocycles. The summed E-state index contributed by atoms with van der Waals surface area (Å²) in [6.45, 7) is 1.35. The number of aromatic nitrogens is 3. The van der Waals surface area contributed by atoms with Crippen LogP contribution >= 0.6 is 15.9 Å². The fourth-order valence-corrected chi connectivity index (χ4v) is 5.41. The van der Waals surface area contributed by atoms with Crippen molar-refractivity contribution in [2.45, 2.75) is 30.3 Å². The number of anilines is 2. The van der Waals surface area contributed by atoms with Gasteiger partial charge in [-0.25, -0.2) is 9.78 Å². The first-order valence-electron chi connectivity index (χ1n) is 12.0. The molecule has 0 aliphatic carbocycles. The number of hydrogen-bond donors (Lipinski definition) is 1. The predicted molar refractivity (Wildman–Crippen MR) is 145 cm³/mol. The van der Waals surface area contributed by atoms with Crippen LogP contribution in [0.1, 0.15) is 30.0 Å². The van der Waals surface area contributed by atoms with Crippen LogP contribution in [0.4, 0.5) is 16.3 Å². The smallest absolute Gasteiger partial charge is 0.410 e. The molecule has 12 heteroatoms. The molecule has 0 radical (unpaired) electrons. The number of benzene rings is 2. The molecule has 38 heavy (non-hydrogen) atoms. The maximum Gasteiger partial charge on any atom is 0.410 e. The number of fused-ring (bicyclic) bond motifs is 1. The zero-order chi connectivity index (χ0) is 26.7. The second-order valence-corrected chi connectivity index (χ2v) is 11.5. The first-order valence-corrected chi connectivity index (χ1v) is 14.2. The van der Waals surface area contributed by atoms with E-state index in [4.69, 9.17) is 9.72 Å². The van der Waals surface area contributed by atoms with Crippen LogP contribution in [-0.4, -0.2) is 54.2 Å². The van der Waals surface area contributed by atoms with E-state index in [9.17, 15) is 13.2 Å². The van der Waals surface area contributed by atoms with Gasteiger partial charge in [-0.05, 0) is 58.6 Å². The highest BCUT2D eigenvalue weighted by Crippen LogP contribution is 2.31. The Morgan fingerprint density at radius 2 is 1.92 bits per heavy atom. The Balaban J connectivity index is 1.36. The molecule has 0 saturated carbocycles. The Labute approximate surface area is 228 Å². The third-order valence-corrected chi connectivity index (χ3v) is 8.23. The number of carbonyl (C=O) groups is 1. The summed E-state index contributed by atoms with van der Waals surface area (Å²) in [5, 5.41) is 7.72. The van der Waals surface area contributed by atoms with E-state index in [1.54, 1.807) is 27.7 Å².